The van der Waals surface area contributed by atoms with E-state index in [1.165, 1.54) is 5.46 Å². The highest BCUT2D eigenvalue weighted by molar-refractivity contribution is 6.34. The minimum Gasteiger partial charge on any atom is -0.397 e. The number of nitrogens with two attached hydrogens (primary N) is 2. The molecule has 1 rings (SSSR count). The van der Waals surface area contributed by atoms with Crippen LogP contribution in [0.2, 0.25) is 0 Å². The summed E-state index contributed by atoms with van der Waals surface area (Å²) in [5.74, 6) is 0. The van der Waals surface area contributed by atoms with Crippen molar-refractivity contribution in [3.63, 3.8) is 0 Å². The molecule has 10 heavy (non-hydrogen) atoms. The summed E-state index contributed by atoms with van der Waals surface area (Å²) in [4.78, 5) is 0. The maximum atomic E-state index is 5.66. The number of hydrogen-bond donors (Lipinski definition) is 2. The Bertz CT molecular complexity index is 231. The van der Waals surface area contributed by atoms with Gasteiger partial charge in [-0.05, 0) is 18.6 Å². The van der Waals surface area contributed by atoms with Crippen molar-refractivity contribution in [2.45, 2.75) is 6.92 Å². The normalized spacial score (nSPS) is 9.70. The standard InChI is InChI=1S/C7H11BN2/c1-4-5(8)2-3-6(9)7(4)10/h2-3H,8-10H2,1H3. The van der Waals surface area contributed by atoms with E-state index < -0.39 is 0 Å². The van der Waals surface area contributed by atoms with Crippen LogP contribution in [0, 0.1) is 6.92 Å². The van der Waals surface area contributed by atoms with Gasteiger partial charge in [-0.1, -0.05) is 11.5 Å². The largest absolute Gasteiger partial charge is 0.397 e. The number of rotatable bonds is 0. The van der Waals surface area contributed by atoms with Crippen LogP contribution in [-0.4, -0.2) is 7.85 Å². The number of benzene rings is 1. The summed E-state index contributed by atoms with van der Waals surface area (Å²) in [5.41, 5.74) is 14.9. The van der Waals surface area contributed by atoms with E-state index in [0.717, 1.165) is 5.56 Å². The highest BCUT2D eigenvalue weighted by Gasteiger charge is 1.99. The Morgan fingerprint density at radius 2 is 1.90 bits per heavy atom. The lowest BCUT2D eigenvalue weighted by Crippen LogP contribution is -2.11. The van der Waals surface area contributed by atoms with Gasteiger partial charge in [0, 0.05) is 0 Å². The van der Waals surface area contributed by atoms with E-state index in [-0.39, 0.29) is 0 Å². The van der Waals surface area contributed by atoms with Crippen LogP contribution in [0.25, 0.3) is 0 Å². The summed E-state index contributed by atoms with van der Waals surface area (Å²) in [6.45, 7) is 1.97. The maximum absolute atomic E-state index is 5.66. The smallest absolute Gasteiger partial charge is 0.139 e. The number of nitrogen functional groups attached to an aromatic ring is 2. The highest BCUT2D eigenvalue weighted by Crippen LogP contribution is 2.15. The van der Waals surface area contributed by atoms with Crippen LogP contribution in [0.5, 0.6) is 0 Å². The molecule has 0 aromatic heterocycles. The molecule has 2 nitrogen and oxygen atoms in total. The van der Waals surface area contributed by atoms with Crippen molar-refractivity contribution < 1.29 is 0 Å². The first-order valence-electron chi connectivity index (χ1n) is 3.24. The second-order valence-electron chi connectivity index (χ2n) is 2.51. The zero-order valence-electron chi connectivity index (χ0n) is 6.31. The fourth-order valence-corrected chi connectivity index (χ4v) is 0.858. The average Bonchev–Trinajstić information content (AvgIpc) is 1.93. The van der Waals surface area contributed by atoms with Crippen molar-refractivity contribution >= 4 is 24.7 Å². The first-order valence-corrected chi connectivity index (χ1v) is 3.24. The van der Waals surface area contributed by atoms with Crippen molar-refractivity contribution in [2.24, 2.45) is 0 Å². The van der Waals surface area contributed by atoms with Gasteiger partial charge in [0.15, 0.2) is 0 Å². The molecule has 1 aromatic rings. The van der Waals surface area contributed by atoms with E-state index in [1.54, 1.807) is 0 Å². The third-order valence-corrected chi connectivity index (χ3v) is 1.82. The molecule has 0 saturated carbocycles. The van der Waals surface area contributed by atoms with Crippen molar-refractivity contribution in [3.8, 4) is 0 Å². The Morgan fingerprint density at radius 1 is 1.30 bits per heavy atom. The van der Waals surface area contributed by atoms with Gasteiger partial charge in [-0.15, -0.1) is 0 Å². The molecule has 0 bridgehead atoms. The SMILES string of the molecule is Bc1ccc(N)c(N)c1C. The van der Waals surface area contributed by atoms with Gasteiger partial charge in [-0.2, -0.15) is 0 Å². The first kappa shape index (κ1) is 7.00. The quantitative estimate of drug-likeness (QED) is 0.368. The Morgan fingerprint density at radius 3 is 2.40 bits per heavy atom. The second kappa shape index (κ2) is 2.25. The molecule has 0 aliphatic carbocycles. The van der Waals surface area contributed by atoms with Crippen molar-refractivity contribution in [1.29, 1.82) is 0 Å². The number of hydrogen-bond acceptors (Lipinski definition) is 2. The van der Waals surface area contributed by atoms with E-state index in [4.69, 9.17) is 11.5 Å². The Hall–Kier alpha value is -1.12. The molecule has 0 saturated heterocycles. The molecular weight excluding hydrogens is 123 g/mol. The predicted octanol–water partition coefficient (Wildman–Crippen LogP) is -0.582. The van der Waals surface area contributed by atoms with Gasteiger partial charge < -0.3 is 11.5 Å². The molecule has 1 aromatic carbocycles. The molecule has 0 radical (unpaired) electrons. The van der Waals surface area contributed by atoms with Gasteiger partial charge >= 0.3 is 0 Å². The van der Waals surface area contributed by atoms with Crippen molar-refractivity contribution in [2.75, 3.05) is 11.5 Å². The summed E-state index contributed by atoms with van der Waals surface area (Å²) in [6.07, 6.45) is 0. The summed E-state index contributed by atoms with van der Waals surface area (Å²) in [7, 11) is 2.02. The van der Waals surface area contributed by atoms with E-state index in [0.29, 0.717) is 11.4 Å². The predicted molar refractivity (Wildman–Crippen MR) is 48.2 cm³/mol. The van der Waals surface area contributed by atoms with Gasteiger partial charge in [0.2, 0.25) is 0 Å². The summed E-state index contributed by atoms with van der Waals surface area (Å²) in [5, 5.41) is 0. The minimum absolute atomic E-state index is 0.670. The Labute approximate surface area is 61.6 Å². The van der Waals surface area contributed by atoms with Crippen LogP contribution in [-0.2, 0) is 0 Å². The molecular formula is C7H11BN2. The molecule has 0 aliphatic heterocycles. The maximum Gasteiger partial charge on any atom is 0.139 e. The van der Waals surface area contributed by atoms with E-state index >= 15 is 0 Å². The van der Waals surface area contributed by atoms with Crippen LogP contribution in [0.4, 0.5) is 11.4 Å². The second-order valence-corrected chi connectivity index (χ2v) is 2.51. The van der Waals surface area contributed by atoms with Gasteiger partial charge in [0.05, 0.1) is 11.4 Å². The van der Waals surface area contributed by atoms with E-state index in [9.17, 15) is 0 Å². The lowest BCUT2D eigenvalue weighted by Gasteiger charge is -2.05. The minimum atomic E-state index is 0.670. The molecule has 52 valence electrons. The van der Waals surface area contributed by atoms with Crippen LogP contribution < -0.4 is 16.9 Å². The first-order chi connectivity index (χ1) is 4.63. The summed E-state index contributed by atoms with van der Waals surface area (Å²) < 4.78 is 0. The van der Waals surface area contributed by atoms with E-state index in [2.05, 4.69) is 0 Å². The monoisotopic (exact) mass is 134 g/mol. The van der Waals surface area contributed by atoms with Crippen LogP contribution in [0.15, 0.2) is 12.1 Å². The molecule has 4 N–H and O–H groups in total. The van der Waals surface area contributed by atoms with Crippen LogP contribution >= 0.6 is 0 Å². The fraction of sp³-hybridized carbons (Fsp3) is 0.143. The fourth-order valence-electron chi connectivity index (χ4n) is 0.858. The number of anilines is 2. The third-order valence-electron chi connectivity index (χ3n) is 1.82. The molecule has 0 unspecified atom stereocenters. The molecule has 0 spiro atoms. The average molecular weight is 134 g/mol. The molecule has 0 heterocycles. The molecule has 0 fully saturated rings. The van der Waals surface area contributed by atoms with Crippen LogP contribution in [0.3, 0.4) is 0 Å². The van der Waals surface area contributed by atoms with Gasteiger partial charge in [0.25, 0.3) is 0 Å². The van der Waals surface area contributed by atoms with Gasteiger partial charge in [-0.3, -0.25) is 0 Å². The lowest BCUT2D eigenvalue weighted by molar-refractivity contribution is 1.51. The lowest BCUT2D eigenvalue weighted by atomic mass is 9.90. The van der Waals surface area contributed by atoms with Crippen molar-refractivity contribution in [1.82, 2.24) is 0 Å². The van der Waals surface area contributed by atoms with Crippen molar-refractivity contribution in [3.05, 3.63) is 17.7 Å². The summed E-state index contributed by atoms with van der Waals surface area (Å²) in [6, 6.07) is 3.80. The highest BCUT2D eigenvalue weighted by atomic mass is 14.7. The third kappa shape index (κ3) is 0.945. The Kier molecular flexibility index (Phi) is 1.58. The topological polar surface area (TPSA) is 52.0 Å². The van der Waals surface area contributed by atoms with Crippen LogP contribution in [0.1, 0.15) is 5.56 Å². The summed E-state index contributed by atoms with van der Waals surface area (Å²) >= 11 is 0. The molecule has 0 atom stereocenters. The van der Waals surface area contributed by atoms with Gasteiger partial charge in [0.1, 0.15) is 7.85 Å². The molecule has 3 heteroatoms. The molecule has 0 amide bonds. The molecule has 0 aliphatic rings. The Balaban J connectivity index is 3.34. The zero-order chi connectivity index (χ0) is 7.72. The van der Waals surface area contributed by atoms with E-state index in [1.807, 2.05) is 26.9 Å². The zero-order valence-corrected chi connectivity index (χ0v) is 6.31. The van der Waals surface area contributed by atoms with Gasteiger partial charge in [-0.25, -0.2) is 0 Å².